The summed E-state index contributed by atoms with van der Waals surface area (Å²) in [7, 11) is 0. The van der Waals surface area contributed by atoms with E-state index in [-0.39, 0.29) is 24.8 Å². The number of hydrogen-bond acceptors (Lipinski definition) is 4. The summed E-state index contributed by atoms with van der Waals surface area (Å²) < 4.78 is 0. The zero-order chi connectivity index (χ0) is 20.6. The molecule has 0 radical (unpaired) electrons. The Labute approximate surface area is 172 Å². The molecule has 0 aromatic heterocycles. The highest BCUT2D eigenvalue weighted by Gasteiger charge is 2.30. The minimum absolute atomic E-state index is 0.0237. The van der Waals surface area contributed by atoms with Crippen LogP contribution in [0, 0.1) is 18.3 Å². The van der Waals surface area contributed by atoms with Crippen molar-refractivity contribution in [2.24, 2.45) is 4.99 Å². The molecule has 2 fully saturated rings. The highest BCUT2D eigenvalue weighted by Crippen LogP contribution is 2.18. The summed E-state index contributed by atoms with van der Waals surface area (Å²) >= 11 is 0. The van der Waals surface area contributed by atoms with E-state index >= 15 is 0 Å². The van der Waals surface area contributed by atoms with Gasteiger partial charge in [-0.3, -0.25) is 14.6 Å². The van der Waals surface area contributed by atoms with Crippen molar-refractivity contribution in [1.82, 2.24) is 9.80 Å². The van der Waals surface area contributed by atoms with Crippen molar-refractivity contribution in [2.45, 2.75) is 51.5 Å². The number of amides is 2. The van der Waals surface area contributed by atoms with E-state index in [1.165, 1.54) is 0 Å². The number of anilines is 1. The molecule has 2 saturated heterocycles. The van der Waals surface area contributed by atoms with E-state index in [4.69, 9.17) is 0 Å². The number of amidine groups is 1. The van der Waals surface area contributed by atoms with E-state index in [1.54, 1.807) is 4.90 Å². The third kappa shape index (κ3) is 5.80. The van der Waals surface area contributed by atoms with Crippen LogP contribution in [-0.4, -0.2) is 59.7 Å². The van der Waals surface area contributed by atoms with Crippen LogP contribution in [0.3, 0.4) is 0 Å². The molecule has 7 nitrogen and oxygen atoms in total. The van der Waals surface area contributed by atoms with Gasteiger partial charge in [-0.1, -0.05) is 12.1 Å². The number of likely N-dealkylation sites (tertiary alicyclic amines) is 2. The number of nitrogens with zero attached hydrogens (tertiary/aromatic N) is 4. The molecule has 1 atom stereocenters. The maximum absolute atomic E-state index is 13.1. The van der Waals surface area contributed by atoms with Crippen LogP contribution in [-0.2, 0) is 9.59 Å². The molecule has 1 N–H and O–H groups in total. The SMILES string of the molecule is Cc1cccc(NC(CC#N)=NC2CCCCN(CC(=O)N3CCCC3)C2=O)c1. The molecule has 3 rings (SSSR count). The van der Waals surface area contributed by atoms with Crippen molar-refractivity contribution in [3.63, 3.8) is 0 Å². The Morgan fingerprint density at radius 2 is 2.00 bits per heavy atom. The van der Waals surface area contributed by atoms with Crippen LogP contribution in [0.15, 0.2) is 29.3 Å². The fraction of sp³-hybridized carbons (Fsp3) is 0.545. The molecule has 1 unspecified atom stereocenters. The van der Waals surface area contributed by atoms with Crippen molar-refractivity contribution in [3.8, 4) is 6.07 Å². The Kier molecular flexibility index (Phi) is 7.23. The molecule has 2 amide bonds. The van der Waals surface area contributed by atoms with Gasteiger partial charge >= 0.3 is 0 Å². The van der Waals surface area contributed by atoms with Gasteiger partial charge in [0.15, 0.2) is 0 Å². The second-order valence-electron chi connectivity index (χ2n) is 7.76. The lowest BCUT2D eigenvalue weighted by atomic mass is 10.1. The third-order valence-electron chi connectivity index (χ3n) is 5.40. The molecular weight excluding hydrogens is 366 g/mol. The van der Waals surface area contributed by atoms with Gasteiger partial charge in [-0.2, -0.15) is 5.26 Å². The lowest BCUT2D eigenvalue weighted by Crippen LogP contribution is -2.44. The summed E-state index contributed by atoms with van der Waals surface area (Å²) in [4.78, 5) is 33.7. The van der Waals surface area contributed by atoms with Gasteiger partial charge in [0, 0.05) is 25.3 Å². The zero-order valence-corrected chi connectivity index (χ0v) is 17.1. The molecule has 0 aliphatic carbocycles. The van der Waals surface area contributed by atoms with Gasteiger partial charge in [-0.25, -0.2) is 0 Å². The van der Waals surface area contributed by atoms with Crippen LogP contribution < -0.4 is 5.32 Å². The van der Waals surface area contributed by atoms with Crippen molar-refractivity contribution < 1.29 is 9.59 Å². The van der Waals surface area contributed by atoms with E-state index in [2.05, 4.69) is 16.4 Å². The molecule has 2 aliphatic heterocycles. The molecule has 1 aromatic rings. The van der Waals surface area contributed by atoms with Crippen LogP contribution >= 0.6 is 0 Å². The van der Waals surface area contributed by atoms with Crippen LogP contribution in [0.1, 0.15) is 44.1 Å². The maximum atomic E-state index is 13.1. The van der Waals surface area contributed by atoms with E-state index in [0.717, 1.165) is 50.0 Å². The molecular formula is C22H29N5O2. The van der Waals surface area contributed by atoms with Crippen molar-refractivity contribution in [1.29, 1.82) is 5.26 Å². The van der Waals surface area contributed by atoms with Gasteiger partial charge in [-0.05, 0) is 56.7 Å². The number of carbonyl (C=O) groups is 2. The molecule has 7 heteroatoms. The lowest BCUT2D eigenvalue weighted by molar-refractivity contribution is -0.140. The first-order chi connectivity index (χ1) is 14.1. The van der Waals surface area contributed by atoms with Gasteiger partial charge in [0.05, 0.1) is 19.0 Å². The van der Waals surface area contributed by atoms with Crippen molar-refractivity contribution in [2.75, 3.05) is 31.5 Å². The normalized spacial score (nSPS) is 20.3. The largest absolute Gasteiger partial charge is 0.343 e. The average molecular weight is 396 g/mol. The summed E-state index contributed by atoms with van der Waals surface area (Å²) in [5.41, 5.74) is 1.95. The fourth-order valence-electron chi connectivity index (χ4n) is 3.87. The Bertz CT molecular complexity index is 808. The number of nitrogens with one attached hydrogen (secondary N) is 1. The first kappa shape index (κ1) is 20.8. The molecule has 0 spiro atoms. The summed E-state index contributed by atoms with van der Waals surface area (Å²) in [6, 6.07) is 9.39. The van der Waals surface area contributed by atoms with Crippen LogP contribution in [0.25, 0.3) is 0 Å². The van der Waals surface area contributed by atoms with Gasteiger partial charge in [0.2, 0.25) is 11.8 Å². The minimum atomic E-state index is -0.551. The maximum Gasteiger partial charge on any atom is 0.247 e. The first-order valence-electron chi connectivity index (χ1n) is 10.4. The van der Waals surface area contributed by atoms with Crippen molar-refractivity contribution >= 4 is 23.3 Å². The smallest absolute Gasteiger partial charge is 0.247 e. The standard InChI is InChI=1S/C22H29N5O2/c1-17-7-6-8-18(15-17)24-20(10-11-23)25-19-9-2-3-14-27(22(19)29)16-21(28)26-12-4-5-13-26/h6-8,15,19H,2-5,9-10,12-14,16H2,1H3,(H,24,25). The second-order valence-corrected chi connectivity index (χ2v) is 7.76. The monoisotopic (exact) mass is 395 g/mol. The third-order valence-corrected chi connectivity index (χ3v) is 5.40. The quantitative estimate of drug-likeness (QED) is 0.613. The number of aryl methyl sites for hydroxylation is 1. The molecule has 1 aromatic carbocycles. The second kappa shape index (κ2) is 10.1. The molecule has 29 heavy (non-hydrogen) atoms. The van der Waals surface area contributed by atoms with E-state index < -0.39 is 6.04 Å². The molecule has 0 saturated carbocycles. The predicted octanol–water partition coefficient (Wildman–Crippen LogP) is 2.72. The molecule has 2 aliphatic rings. The number of hydrogen-bond donors (Lipinski definition) is 1. The number of nitriles is 1. The van der Waals surface area contributed by atoms with Gasteiger partial charge in [0.1, 0.15) is 11.9 Å². The van der Waals surface area contributed by atoms with Gasteiger partial charge in [-0.15, -0.1) is 0 Å². The lowest BCUT2D eigenvalue weighted by Gasteiger charge is -2.25. The Morgan fingerprint density at radius 3 is 2.72 bits per heavy atom. The summed E-state index contributed by atoms with van der Waals surface area (Å²) in [5, 5.41) is 12.4. The molecule has 2 heterocycles. The minimum Gasteiger partial charge on any atom is -0.343 e. The van der Waals surface area contributed by atoms with Crippen LogP contribution in [0.5, 0.6) is 0 Å². The van der Waals surface area contributed by atoms with E-state index in [1.807, 2.05) is 36.1 Å². The zero-order valence-electron chi connectivity index (χ0n) is 17.1. The van der Waals surface area contributed by atoms with Gasteiger partial charge < -0.3 is 15.1 Å². The molecule has 0 bridgehead atoms. The van der Waals surface area contributed by atoms with Crippen LogP contribution in [0.2, 0.25) is 0 Å². The fourth-order valence-corrected chi connectivity index (χ4v) is 3.87. The van der Waals surface area contributed by atoms with E-state index in [0.29, 0.717) is 18.8 Å². The highest BCUT2D eigenvalue weighted by molar-refractivity contribution is 5.99. The Hall–Kier alpha value is -2.88. The van der Waals surface area contributed by atoms with Crippen LogP contribution in [0.4, 0.5) is 5.69 Å². The summed E-state index contributed by atoms with van der Waals surface area (Å²) in [6.07, 6.45) is 4.55. The van der Waals surface area contributed by atoms with Gasteiger partial charge in [0.25, 0.3) is 0 Å². The summed E-state index contributed by atoms with van der Waals surface area (Å²) in [6.45, 7) is 4.29. The first-order valence-corrected chi connectivity index (χ1v) is 10.4. The number of carbonyl (C=O) groups excluding carboxylic acids is 2. The average Bonchev–Trinajstić information content (AvgIpc) is 3.18. The number of aliphatic imine (C=N–C) groups is 1. The predicted molar refractivity (Wildman–Crippen MR) is 112 cm³/mol. The molecule has 154 valence electrons. The topological polar surface area (TPSA) is 88.8 Å². The summed E-state index contributed by atoms with van der Waals surface area (Å²) in [5.74, 6) is 0.399. The number of rotatable bonds is 5. The van der Waals surface area contributed by atoms with Crippen molar-refractivity contribution in [3.05, 3.63) is 29.8 Å². The highest BCUT2D eigenvalue weighted by atomic mass is 16.2. The Balaban J connectivity index is 1.72. The number of benzene rings is 1. The Morgan fingerprint density at radius 1 is 1.24 bits per heavy atom. The van der Waals surface area contributed by atoms with E-state index in [9.17, 15) is 14.9 Å².